The number of pyridine rings is 1. The van der Waals surface area contributed by atoms with Crippen LogP contribution in [0.3, 0.4) is 0 Å². The first kappa shape index (κ1) is 22.5. The molecule has 0 radical (unpaired) electrons. The Morgan fingerprint density at radius 3 is 2.31 bits per heavy atom. The molecular weight excluding hydrogens is 450 g/mol. The molecule has 1 aliphatic heterocycles. The summed E-state index contributed by atoms with van der Waals surface area (Å²) >= 11 is 0. The molecule has 36 heavy (non-hydrogen) atoms. The second kappa shape index (κ2) is 8.32. The average molecular weight is 478 g/mol. The number of rotatable bonds is 4. The van der Waals surface area contributed by atoms with Gasteiger partial charge in [-0.15, -0.1) is 0 Å². The standard InChI is InChI=1S/C31H27NO4/c1-31(2,3)36-29(30(33)34)27-22-11-7-5-9-20(22)19-8-4-6-10-21(19)26(27)23-12-13-24-25-18(15-17-35-24)14-16-32-28(23)25/h4-14,16,29H,15,17H2,1-3H3,(H,33,34)/t29-/m1/s1. The fourth-order valence-electron chi connectivity index (χ4n) is 5.42. The summed E-state index contributed by atoms with van der Waals surface area (Å²) in [6.07, 6.45) is 1.47. The maximum absolute atomic E-state index is 12.8. The molecule has 1 aromatic heterocycles. The Bertz CT molecular complexity index is 1660. The zero-order valence-electron chi connectivity index (χ0n) is 20.5. The molecule has 0 saturated carbocycles. The molecule has 0 bridgehead atoms. The van der Waals surface area contributed by atoms with Gasteiger partial charge in [0.05, 0.1) is 17.7 Å². The Balaban J connectivity index is 1.81. The van der Waals surface area contributed by atoms with Gasteiger partial charge < -0.3 is 14.6 Å². The van der Waals surface area contributed by atoms with Crippen LogP contribution in [-0.4, -0.2) is 28.3 Å². The first-order valence-electron chi connectivity index (χ1n) is 12.2. The van der Waals surface area contributed by atoms with E-state index in [-0.39, 0.29) is 0 Å². The lowest BCUT2D eigenvalue weighted by Gasteiger charge is -2.29. The third-order valence-electron chi connectivity index (χ3n) is 6.77. The predicted octanol–water partition coefficient (Wildman–Crippen LogP) is 7.08. The van der Waals surface area contributed by atoms with Crippen LogP contribution in [0.5, 0.6) is 5.75 Å². The van der Waals surface area contributed by atoms with Crippen molar-refractivity contribution < 1.29 is 19.4 Å². The second-order valence-electron chi connectivity index (χ2n) is 10.2. The highest BCUT2D eigenvalue weighted by molar-refractivity contribution is 6.19. The smallest absolute Gasteiger partial charge is 0.337 e. The number of hydrogen-bond acceptors (Lipinski definition) is 4. The zero-order chi connectivity index (χ0) is 25.0. The molecule has 2 heterocycles. The first-order valence-corrected chi connectivity index (χ1v) is 12.2. The van der Waals surface area contributed by atoms with Crippen LogP contribution in [0.1, 0.15) is 38.0 Å². The van der Waals surface area contributed by atoms with Gasteiger partial charge in [0.1, 0.15) is 5.75 Å². The van der Waals surface area contributed by atoms with Gasteiger partial charge in [-0.25, -0.2) is 4.79 Å². The lowest BCUT2D eigenvalue weighted by atomic mass is 9.84. The minimum Gasteiger partial charge on any atom is -0.493 e. The van der Waals surface area contributed by atoms with E-state index in [1.54, 1.807) is 0 Å². The molecule has 6 rings (SSSR count). The van der Waals surface area contributed by atoms with E-state index in [2.05, 4.69) is 12.1 Å². The van der Waals surface area contributed by atoms with E-state index in [1.165, 1.54) is 5.56 Å². The molecule has 5 heteroatoms. The summed E-state index contributed by atoms with van der Waals surface area (Å²) in [6, 6.07) is 22.2. The Morgan fingerprint density at radius 2 is 1.61 bits per heavy atom. The van der Waals surface area contributed by atoms with Crippen LogP contribution in [0, 0.1) is 0 Å². The van der Waals surface area contributed by atoms with Gasteiger partial charge in [0.15, 0.2) is 6.10 Å². The minimum atomic E-state index is -1.17. The highest BCUT2D eigenvalue weighted by Gasteiger charge is 2.33. The number of hydrogen-bond donors (Lipinski definition) is 1. The summed E-state index contributed by atoms with van der Waals surface area (Å²) in [5, 5.41) is 15.4. The molecule has 0 amide bonds. The van der Waals surface area contributed by atoms with Crippen LogP contribution in [-0.2, 0) is 16.0 Å². The number of aliphatic carboxylic acids is 1. The Hall–Kier alpha value is -3.96. The van der Waals surface area contributed by atoms with Crippen molar-refractivity contribution >= 4 is 38.4 Å². The van der Waals surface area contributed by atoms with Crippen molar-refractivity contribution in [2.45, 2.75) is 38.9 Å². The number of carboxylic acids is 1. The Labute approximate surface area is 209 Å². The number of carbonyl (C=O) groups is 1. The van der Waals surface area contributed by atoms with Crippen molar-refractivity contribution in [3.05, 3.63) is 84.1 Å². The van der Waals surface area contributed by atoms with Crippen LogP contribution in [0.15, 0.2) is 72.9 Å². The largest absolute Gasteiger partial charge is 0.493 e. The van der Waals surface area contributed by atoms with Crippen LogP contribution in [0.2, 0.25) is 0 Å². The van der Waals surface area contributed by atoms with Crippen molar-refractivity contribution in [1.82, 2.24) is 4.98 Å². The molecular formula is C31H27NO4. The first-order chi connectivity index (χ1) is 17.3. The van der Waals surface area contributed by atoms with Crippen LogP contribution in [0.4, 0.5) is 0 Å². The molecule has 1 aliphatic rings. The number of carboxylic acid groups (broad SMARTS) is 1. The fraction of sp³-hybridized carbons (Fsp3) is 0.226. The maximum Gasteiger partial charge on any atom is 0.337 e. The van der Waals surface area contributed by atoms with Gasteiger partial charge in [0.2, 0.25) is 0 Å². The van der Waals surface area contributed by atoms with Crippen LogP contribution >= 0.6 is 0 Å². The van der Waals surface area contributed by atoms with Crippen molar-refractivity contribution in [3.8, 4) is 16.9 Å². The van der Waals surface area contributed by atoms with E-state index in [9.17, 15) is 9.90 Å². The second-order valence-corrected chi connectivity index (χ2v) is 10.2. The molecule has 5 aromatic rings. The quantitative estimate of drug-likeness (QED) is 0.280. The van der Waals surface area contributed by atoms with E-state index in [4.69, 9.17) is 14.5 Å². The molecule has 0 aliphatic carbocycles. The summed E-state index contributed by atoms with van der Waals surface area (Å²) in [6.45, 7) is 6.28. The van der Waals surface area contributed by atoms with Gasteiger partial charge in [-0.3, -0.25) is 4.98 Å². The maximum atomic E-state index is 12.8. The summed E-state index contributed by atoms with van der Waals surface area (Å²) in [7, 11) is 0. The lowest BCUT2D eigenvalue weighted by molar-refractivity contribution is -0.160. The summed E-state index contributed by atoms with van der Waals surface area (Å²) < 4.78 is 12.2. The van der Waals surface area contributed by atoms with Gasteiger partial charge in [-0.05, 0) is 71.6 Å². The third-order valence-corrected chi connectivity index (χ3v) is 6.77. The summed E-state index contributed by atoms with van der Waals surface area (Å²) in [5.41, 5.74) is 3.69. The van der Waals surface area contributed by atoms with Gasteiger partial charge in [-0.2, -0.15) is 0 Å². The lowest BCUT2D eigenvalue weighted by Crippen LogP contribution is -2.28. The highest BCUT2D eigenvalue weighted by Crippen LogP contribution is 2.47. The summed E-state index contributed by atoms with van der Waals surface area (Å²) in [4.78, 5) is 17.6. The minimum absolute atomic E-state index is 0.635. The number of fused-ring (bicyclic) bond motifs is 3. The number of aromatic nitrogens is 1. The highest BCUT2D eigenvalue weighted by atomic mass is 16.5. The monoisotopic (exact) mass is 477 g/mol. The van der Waals surface area contributed by atoms with Crippen molar-refractivity contribution in [2.24, 2.45) is 0 Å². The van der Waals surface area contributed by atoms with Crippen molar-refractivity contribution in [1.29, 1.82) is 0 Å². The van der Waals surface area contributed by atoms with Gasteiger partial charge >= 0.3 is 5.97 Å². The van der Waals surface area contributed by atoms with Gasteiger partial charge in [0, 0.05) is 29.1 Å². The van der Waals surface area contributed by atoms with Crippen molar-refractivity contribution in [2.75, 3.05) is 6.61 Å². The molecule has 4 aromatic carbocycles. The molecule has 1 atom stereocenters. The third kappa shape index (κ3) is 3.59. The molecule has 0 fully saturated rings. The molecule has 0 saturated heterocycles. The average Bonchev–Trinajstić information content (AvgIpc) is 2.87. The fourth-order valence-corrected chi connectivity index (χ4v) is 5.42. The molecule has 1 N–H and O–H groups in total. The summed E-state index contributed by atoms with van der Waals surface area (Å²) in [5.74, 6) is -0.207. The topological polar surface area (TPSA) is 68.7 Å². The molecule has 0 unspecified atom stereocenters. The predicted molar refractivity (Wildman–Crippen MR) is 143 cm³/mol. The van der Waals surface area contributed by atoms with Crippen molar-refractivity contribution in [3.63, 3.8) is 0 Å². The molecule has 0 spiro atoms. The van der Waals surface area contributed by atoms with Crippen LogP contribution < -0.4 is 4.74 Å². The van der Waals surface area contributed by atoms with Crippen LogP contribution in [0.25, 0.3) is 43.6 Å². The van der Waals surface area contributed by atoms with E-state index in [0.29, 0.717) is 12.2 Å². The Morgan fingerprint density at radius 1 is 0.944 bits per heavy atom. The SMILES string of the molecule is CC(C)(C)O[C@@H](C(=O)O)c1c(-c2ccc3c4c(ccnc24)CCO3)c2ccccc2c2ccccc12. The van der Waals surface area contributed by atoms with E-state index >= 15 is 0 Å². The zero-order valence-corrected chi connectivity index (χ0v) is 20.5. The van der Waals surface area contributed by atoms with E-state index < -0.39 is 17.7 Å². The number of benzene rings is 4. The van der Waals surface area contributed by atoms with E-state index in [1.807, 2.05) is 81.6 Å². The molecule has 5 nitrogen and oxygen atoms in total. The van der Waals surface area contributed by atoms with Gasteiger partial charge in [0.25, 0.3) is 0 Å². The Kier molecular flexibility index (Phi) is 5.20. The normalized spacial score (nSPS) is 14.2. The molecule has 180 valence electrons. The van der Waals surface area contributed by atoms with Gasteiger partial charge in [-0.1, -0.05) is 48.5 Å². The van der Waals surface area contributed by atoms with E-state index in [0.717, 1.165) is 55.7 Å². The number of ether oxygens (including phenoxy) is 2. The number of nitrogens with zero attached hydrogens (tertiary/aromatic N) is 1.